The first-order chi connectivity index (χ1) is 15.5. The summed E-state index contributed by atoms with van der Waals surface area (Å²) in [7, 11) is 0. The molecular weight excluding hydrogens is 420 g/mol. The predicted octanol–water partition coefficient (Wildman–Crippen LogP) is 7.76. The lowest BCUT2D eigenvalue weighted by Crippen LogP contribution is -2.13. The van der Waals surface area contributed by atoms with Crippen molar-refractivity contribution in [2.24, 2.45) is 16.8 Å². The Balaban J connectivity index is 1.66. The Morgan fingerprint density at radius 3 is 2.31 bits per heavy atom. The summed E-state index contributed by atoms with van der Waals surface area (Å²) in [6.07, 6.45) is 8.98. The van der Waals surface area contributed by atoms with Gasteiger partial charge >= 0.3 is 0 Å². The zero-order valence-electron chi connectivity index (χ0n) is 18.6. The molecule has 1 nitrogen and oxygen atoms in total. The fourth-order valence-corrected chi connectivity index (χ4v) is 4.18. The molecule has 0 radical (unpaired) electrons. The summed E-state index contributed by atoms with van der Waals surface area (Å²) in [5.41, 5.74) is 2.55. The summed E-state index contributed by atoms with van der Waals surface area (Å²) >= 11 is 4.41. The van der Waals surface area contributed by atoms with Crippen molar-refractivity contribution in [2.75, 3.05) is 0 Å². The number of halogens is 2. The second-order valence-electron chi connectivity index (χ2n) is 8.40. The summed E-state index contributed by atoms with van der Waals surface area (Å²) in [5, 5.41) is 1.98. The van der Waals surface area contributed by atoms with Gasteiger partial charge in [0.1, 0.15) is 5.69 Å². The SMILES string of the molecule is CCCCC1CCC(C#Cc2ccc(C#Cc3cc(F)c(N=C=S)c(F)c3)c(C)c2)CC1. The maximum absolute atomic E-state index is 14.0. The van der Waals surface area contributed by atoms with Crippen molar-refractivity contribution in [3.63, 3.8) is 0 Å². The number of nitrogens with zero attached hydrogens (tertiary/aromatic N) is 1. The first-order valence-corrected chi connectivity index (χ1v) is 11.6. The zero-order valence-corrected chi connectivity index (χ0v) is 19.4. The fourth-order valence-electron chi connectivity index (χ4n) is 4.08. The maximum Gasteiger partial charge on any atom is 0.153 e. The van der Waals surface area contributed by atoms with Gasteiger partial charge < -0.3 is 0 Å². The van der Waals surface area contributed by atoms with E-state index in [0.717, 1.165) is 34.7 Å². The largest absolute Gasteiger partial charge is 0.204 e. The Bertz CT molecular complexity index is 1110. The zero-order chi connectivity index (χ0) is 22.9. The van der Waals surface area contributed by atoms with Crippen LogP contribution in [0.1, 0.15) is 74.1 Å². The van der Waals surface area contributed by atoms with E-state index in [2.05, 4.69) is 47.8 Å². The van der Waals surface area contributed by atoms with E-state index in [9.17, 15) is 8.78 Å². The Kier molecular flexibility index (Phi) is 8.75. The number of aliphatic imine (C=N–C) groups is 1. The minimum atomic E-state index is -0.812. The standard InChI is InChI=1S/C28H27F2NS/c1-3-4-5-21-6-8-22(9-7-21)10-11-23-12-14-25(20(2)16-23)15-13-24-17-26(29)28(31-19-32)27(30)18-24/h12,14,16-18,21-22H,3-9H2,1-2H3. The molecule has 0 aromatic heterocycles. The van der Waals surface area contributed by atoms with E-state index in [4.69, 9.17) is 0 Å². The van der Waals surface area contributed by atoms with Crippen LogP contribution in [0, 0.1) is 54.1 Å². The molecule has 0 spiro atoms. The van der Waals surface area contributed by atoms with Crippen molar-refractivity contribution in [1.29, 1.82) is 0 Å². The second-order valence-corrected chi connectivity index (χ2v) is 8.58. The van der Waals surface area contributed by atoms with Gasteiger partial charge in [0.2, 0.25) is 0 Å². The molecular formula is C28H27F2NS. The van der Waals surface area contributed by atoms with Gasteiger partial charge in [0.15, 0.2) is 11.6 Å². The highest BCUT2D eigenvalue weighted by atomic mass is 32.1. The van der Waals surface area contributed by atoms with Crippen molar-refractivity contribution in [2.45, 2.75) is 58.8 Å². The highest BCUT2D eigenvalue weighted by Crippen LogP contribution is 2.31. The number of hydrogen-bond donors (Lipinski definition) is 0. The van der Waals surface area contributed by atoms with E-state index in [0.29, 0.717) is 5.92 Å². The molecule has 0 heterocycles. The number of benzene rings is 2. The molecule has 0 atom stereocenters. The van der Waals surface area contributed by atoms with E-state index in [-0.39, 0.29) is 5.56 Å². The molecule has 2 aromatic rings. The third kappa shape index (κ3) is 6.61. The summed E-state index contributed by atoms with van der Waals surface area (Å²) in [4.78, 5) is 3.41. The van der Waals surface area contributed by atoms with Crippen molar-refractivity contribution in [3.05, 3.63) is 64.2 Å². The van der Waals surface area contributed by atoms with Crippen molar-refractivity contribution in [1.82, 2.24) is 0 Å². The normalized spacial score (nSPS) is 17.4. The number of aryl methyl sites for hydroxylation is 1. The van der Waals surface area contributed by atoms with Crippen molar-refractivity contribution >= 4 is 23.1 Å². The quantitative estimate of drug-likeness (QED) is 0.265. The smallest absolute Gasteiger partial charge is 0.153 e. The van der Waals surface area contributed by atoms with Gasteiger partial charge in [-0.15, -0.1) is 0 Å². The Labute approximate surface area is 195 Å². The topological polar surface area (TPSA) is 12.4 Å². The van der Waals surface area contributed by atoms with Crippen LogP contribution in [0.15, 0.2) is 35.3 Å². The average molecular weight is 448 g/mol. The summed E-state index contributed by atoms with van der Waals surface area (Å²) < 4.78 is 27.9. The molecule has 1 aliphatic rings. The lowest BCUT2D eigenvalue weighted by molar-refractivity contribution is 0.296. The minimum Gasteiger partial charge on any atom is -0.204 e. The molecule has 0 amide bonds. The fraction of sp³-hybridized carbons (Fsp3) is 0.393. The van der Waals surface area contributed by atoms with Gasteiger partial charge in [-0.1, -0.05) is 49.9 Å². The van der Waals surface area contributed by atoms with Gasteiger partial charge in [0.05, 0.1) is 5.16 Å². The van der Waals surface area contributed by atoms with Crippen molar-refractivity contribution in [3.8, 4) is 23.7 Å². The van der Waals surface area contributed by atoms with Crippen LogP contribution in [0.4, 0.5) is 14.5 Å². The lowest BCUT2D eigenvalue weighted by atomic mass is 9.80. The number of rotatable bonds is 4. The molecule has 0 saturated heterocycles. The van der Waals surface area contributed by atoms with Crippen LogP contribution in [-0.2, 0) is 0 Å². The van der Waals surface area contributed by atoms with Crippen LogP contribution >= 0.6 is 12.2 Å². The molecule has 32 heavy (non-hydrogen) atoms. The molecule has 164 valence electrons. The molecule has 0 bridgehead atoms. The van der Waals surface area contributed by atoms with Gasteiger partial charge in [-0.2, -0.15) is 4.99 Å². The third-order valence-corrected chi connectivity index (χ3v) is 6.07. The van der Waals surface area contributed by atoms with Gasteiger partial charge in [-0.25, -0.2) is 8.78 Å². The number of thiocarbonyl (C=S) groups is 1. The van der Waals surface area contributed by atoms with Crippen LogP contribution in [0.3, 0.4) is 0 Å². The molecule has 1 aliphatic carbocycles. The van der Waals surface area contributed by atoms with E-state index in [1.807, 2.05) is 30.3 Å². The first kappa shape index (κ1) is 23.9. The third-order valence-electron chi connectivity index (χ3n) is 5.98. The van der Waals surface area contributed by atoms with Gasteiger partial charge in [0.25, 0.3) is 0 Å². The Hall–Kier alpha value is -2.78. The minimum absolute atomic E-state index is 0.237. The maximum atomic E-state index is 14.0. The summed E-state index contributed by atoms with van der Waals surface area (Å²) in [5.74, 6) is 12.3. The molecule has 0 N–H and O–H groups in total. The number of unbranched alkanes of at least 4 members (excludes halogenated alkanes) is 1. The Morgan fingerprint density at radius 1 is 0.969 bits per heavy atom. The van der Waals surface area contributed by atoms with Crippen LogP contribution in [0.5, 0.6) is 0 Å². The molecule has 4 heteroatoms. The average Bonchev–Trinajstić information content (AvgIpc) is 2.78. The van der Waals surface area contributed by atoms with Gasteiger partial charge in [-0.3, -0.25) is 0 Å². The summed E-state index contributed by atoms with van der Waals surface area (Å²) in [6.45, 7) is 4.22. The molecule has 1 fully saturated rings. The molecule has 2 aromatic carbocycles. The summed E-state index contributed by atoms with van der Waals surface area (Å²) in [6, 6.07) is 8.17. The molecule has 0 unspecified atom stereocenters. The second kappa shape index (κ2) is 11.7. The highest BCUT2D eigenvalue weighted by molar-refractivity contribution is 7.78. The highest BCUT2D eigenvalue weighted by Gasteiger charge is 2.19. The van der Waals surface area contributed by atoms with Crippen LogP contribution in [0.25, 0.3) is 0 Å². The monoisotopic (exact) mass is 447 g/mol. The number of isothiocyanates is 1. The van der Waals surface area contributed by atoms with Crippen LogP contribution in [-0.4, -0.2) is 5.16 Å². The van der Waals surface area contributed by atoms with Crippen LogP contribution < -0.4 is 0 Å². The van der Waals surface area contributed by atoms with E-state index >= 15 is 0 Å². The van der Waals surface area contributed by atoms with Gasteiger partial charge in [0, 0.05) is 22.6 Å². The number of hydrogen-bond acceptors (Lipinski definition) is 2. The van der Waals surface area contributed by atoms with E-state index in [1.165, 1.54) is 44.9 Å². The molecule has 3 rings (SSSR count). The predicted molar refractivity (Wildman–Crippen MR) is 130 cm³/mol. The van der Waals surface area contributed by atoms with Crippen LogP contribution in [0.2, 0.25) is 0 Å². The van der Waals surface area contributed by atoms with E-state index in [1.54, 1.807) is 0 Å². The first-order valence-electron chi connectivity index (χ1n) is 11.2. The lowest BCUT2D eigenvalue weighted by Gasteiger charge is -2.25. The van der Waals surface area contributed by atoms with Crippen molar-refractivity contribution < 1.29 is 8.78 Å². The Morgan fingerprint density at radius 2 is 1.69 bits per heavy atom. The van der Waals surface area contributed by atoms with Gasteiger partial charge in [-0.05, 0) is 86.6 Å². The molecule has 1 saturated carbocycles. The molecule has 0 aliphatic heterocycles. The van der Waals surface area contributed by atoms with E-state index < -0.39 is 17.3 Å².